The van der Waals surface area contributed by atoms with Crippen LogP contribution in [0.15, 0.2) is 28.7 Å². The van der Waals surface area contributed by atoms with Gasteiger partial charge in [-0.3, -0.25) is 0 Å². The number of rotatable bonds is 2. The molecular formula is C17H22BrNO. The highest BCUT2D eigenvalue weighted by atomic mass is 79.9. The minimum atomic E-state index is -1.11. The first kappa shape index (κ1) is 15.5. The van der Waals surface area contributed by atoms with E-state index in [9.17, 15) is 10.4 Å². The van der Waals surface area contributed by atoms with Gasteiger partial charge in [0.15, 0.2) is 0 Å². The van der Waals surface area contributed by atoms with E-state index in [2.05, 4.69) is 35.8 Å². The molecule has 1 aliphatic rings. The molecule has 0 spiro atoms. The Bertz CT molecular complexity index is 515. The molecule has 1 saturated carbocycles. The van der Waals surface area contributed by atoms with E-state index in [1.807, 2.05) is 24.3 Å². The molecule has 0 radical (unpaired) electrons. The predicted octanol–water partition coefficient (Wildman–Crippen LogP) is 4.77. The summed E-state index contributed by atoms with van der Waals surface area (Å²) in [6.45, 7) is 6.27. The van der Waals surface area contributed by atoms with E-state index >= 15 is 0 Å². The lowest BCUT2D eigenvalue weighted by atomic mass is 9.58. The highest BCUT2D eigenvalue weighted by Crippen LogP contribution is 2.53. The molecule has 0 aliphatic heterocycles. The third-order valence-electron chi connectivity index (χ3n) is 5.01. The molecule has 0 aromatic heterocycles. The third-order valence-corrected chi connectivity index (χ3v) is 5.54. The maximum atomic E-state index is 11.1. The van der Waals surface area contributed by atoms with E-state index in [0.717, 1.165) is 35.7 Å². The van der Waals surface area contributed by atoms with Crippen LogP contribution < -0.4 is 0 Å². The molecule has 0 bridgehead atoms. The van der Waals surface area contributed by atoms with Crippen LogP contribution in [-0.2, 0) is 5.60 Å². The van der Waals surface area contributed by atoms with Crippen LogP contribution in [-0.4, -0.2) is 5.11 Å². The van der Waals surface area contributed by atoms with Crippen LogP contribution in [0.3, 0.4) is 0 Å². The Morgan fingerprint density at radius 1 is 1.15 bits per heavy atom. The minimum absolute atomic E-state index is 0.274. The van der Waals surface area contributed by atoms with Crippen molar-refractivity contribution in [3.8, 4) is 6.07 Å². The molecule has 0 amide bonds. The van der Waals surface area contributed by atoms with E-state index in [1.54, 1.807) is 6.92 Å². The number of halogens is 1. The number of nitriles is 1. The van der Waals surface area contributed by atoms with Crippen LogP contribution in [0.25, 0.3) is 0 Å². The summed E-state index contributed by atoms with van der Waals surface area (Å²) in [7, 11) is 0. The topological polar surface area (TPSA) is 44.0 Å². The molecule has 0 saturated heterocycles. The summed E-state index contributed by atoms with van der Waals surface area (Å²) >= 11 is 3.41. The van der Waals surface area contributed by atoms with Gasteiger partial charge in [0.2, 0.25) is 0 Å². The molecule has 0 heterocycles. The summed E-state index contributed by atoms with van der Waals surface area (Å²) < 4.78 is 0.979. The molecule has 1 N–H and O–H groups in total. The van der Waals surface area contributed by atoms with Crippen molar-refractivity contribution in [3.05, 3.63) is 34.3 Å². The molecule has 108 valence electrons. The van der Waals surface area contributed by atoms with E-state index in [4.69, 9.17) is 0 Å². The molecule has 1 aliphatic carbocycles. The lowest BCUT2D eigenvalue weighted by Crippen LogP contribution is -2.46. The van der Waals surface area contributed by atoms with Crippen LogP contribution in [0.1, 0.15) is 52.0 Å². The zero-order chi connectivity index (χ0) is 15.0. The molecule has 1 aromatic rings. The van der Waals surface area contributed by atoms with Gasteiger partial charge < -0.3 is 5.11 Å². The second-order valence-electron chi connectivity index (χ2n) is 6.94. The Kier molecular flexibility index (Phi) is 4.01. The summed E-state index contributed by atoms with van der Waals surface area (Å²) in [6.07, 6.45) is 3.46. The molecule has 1 unspecified atom stereocenters. The molecular weight excluding hydrogens is 314 g/mol. The van der Waals surface area contributed by atoms with Crippen molar-refractivity contribution in [2.75, 3.05) is 0 Å². The quantitative estimate of drug-likeness (QED) is 0.846. The number of aliphatic hydroxyl groups is 1. The normalized spacial score (nSPS) is 23.6. The Morgan fingerprint density at radius 2 is 1.65 bits per heavy atom. The van der Waals surface area contributed by atoms with Crippen LogP contribution in [0.2, 0.25) is 0 Å². The van der Waals surface area contributed by atoms with Gasteiger partial charge in [0.1, 0.15) is 5.60 Å². The fourth-order valence-electron chi connectivity index (χ4n) is 3.11. The van der Waals surface area contributed by atoms with Crippen molar-refractivity contribution in [3.63, 3.8) is 0 Å². The van der Waals surface area contributed by atoms with Gasteiger partial charge in [-0.25, -0.2) is 0 Å². The second-order valence-corrected chi connectivity index (χ2v) is 7.85. The van der Waals surface area contributed by atoms with Crippen molar-refractivity contribution in [2.24, 2.45) is 10.8 Å². The van der Waals surface area contributed by atoms with Crippen LogP contribution in [0.4, 0.5) is 0 Å². The average Bonchev–Trinajstić information content (AvgIpc) is 2.39. The highest BCUT2D eigenvalue weighted by Gasteiger charge is 2.51. The number of nitrogens with zero attached hydrogens (tertiary/aromatic N) is 1. The summed E-state index contributed by atoms with van der Waals surface area (Å²) in [5, 5.41) is 20.8. The van der Waals surface area contributed by atoms with Gasteiger partial charge >= 0.3 is 0 Å². The lowest BCUT2D eigenvalue weighted by Gasteiger charge is -2.47. The maximum absolute atomic E-state index is 11.1. The number of benzene rings is 1. The van der Waals surface area contributed by atoms with Crippen molar-refractivity contribution < 1.29 is 5.11 Å². The monoisotopic (exact) mass is 335 g/mol. The third kappa shape index (κ3) is 2.64. The first-order valence-electron chi connectivity index (χ1n) is 7.12. The fraction of sp³-hybridized carbons (Fsp3) is 0.588. The van der Waals surface area contributed by atoms with Gasteiger partial charge in [0.05, 0.1) is 11.5 Å². The van der Waals surface area contributed by atoms with Gasteiger partial charge in [-0.2, -0.15) is 5.26 Å². The van der Waals surface area contributed by atoms with Crippen LogP contribution in [0.5, 0.6) is 0 Å². The van der Waals surface area contributed by atoms with Gasteiger partial charge in [-0.1, -0.05) is 41.9 Å². The van der Waals surface area contributed by atoms with Crippen molar-refractivity contribution >= 4 is 15.9 Å². The van der Waals surface area contributed by atoms with Crippen molar-refractivity contribution in [1.82, 2.24) is 0 Å². The summed E-state index contributed by atoms with van der Waals surface area (Å²) in [5.74, 6) is 0. The molecule has 2 rings (SSSR count). The largest absolute Gasteiger partial charge is 0.384 e. The number of hydrogen-bond acceptors (Lipinski definition) is 2. The zero-order valence-corrected chi connectivity index (χ0v) is 14.0. The molecule has 20 heavy (non-hydrogen) atoms. The summed E-state index contributed by atoms with van der Waals surface area (Å²) in [4.78, 5) is 0. The van der Waals surface area contributed by atoms with Gasteiger partial charge in [-0.15, -0.1) is 0 Å². The Morgan fingerprint density at radius 3 is 2.10 bits per heavy atom. The van der Waals surface area contributed by atoms with Gasteiger partial charge in [0.25, 0.3) is 0 Å². The minimum Gasteiger partial charge on any atom is -0.384 e. The molecule has 2 nitrogen and oxygen atoms in total. The Balaban J connectivity index is 2.36. The molecule has 3 heteroatoms. The van der Waals surface area contributed by atoms with E-state index in [-0.39, 0.29) is 5.41 Å². The van der Waals surface area contributed by atoms with Gasteiger partial charge in [-0.05, 0) is 55.7 Å². The first-order valence-corrected chi connectivity index (χ1v) is 7.91. The molecule has 1 atom stereocenters. The smallest absolute Gasteiger partial charge is 0.105 e. The SMILES string of the molecule is CC1(C)CCC(C#N)(C(C)(O)c2ccc(Br)cc2)CC1. The fourth-order valence-corrected chi connectivity index (χ4v) is 3.38. The zero-order valence-electron chi connectivity index (χ0n) is 12.4. The van der Waals surface area contributed by atoms with E-state index < -0.39 is 11.0 Å². The van der Waals surface area contributed by atoms with Crippen LogP contribution in [0, 0.1) is 22.2 Å². The molecule has 1 aromatic carbocycles. The van der Waals surface area contributed by atoms with E-state index in [0.29, 0.717) is 0 Å². The standard InChI is InChI=1S/C17H22BrNO/c1-15(2)8-10-17(12-19,11-9-15)16(3,20)13-4-6-14(18)7-5-13/h4-7,20H,8-11H2,1-3H3. The summed E-state index contributed by atoms with van der Waals surface area (Å²) in [6, 6.07) is 10.1. The molecule has 1 fully saturated rings. The first-order chi connectivity index (χ1) is 9.22. The number of hydrogen-bond donors (Lipinski definition) is 1. The van der Waals surface area contributed by atoms with Crippen LogP contribution >= 0.6 is 15.9 Å². The Hall–Kier alpha value is -0.850. The highest BCUT2D eigenvalue weighted by molar-refractivity contribution is 9.10. The van der Waals surface area contributed by atoms with Crippen molar-refractivity contribution in [1.29, 1.82) is 5.26 Å². The van der Waals surface area contributed by atoms with Crippen molar-refractivity contribution in [2.45, 2.75) is 52.1 Å². The Labute approximate surface area is 129 Å². The maximum Gasteiger partial charge on any atom is 0.105 e. The van der Waals surface area contributed by atoms with E-state index in [1.165, 1.54) is 0 Å². The average molecular weight is 336 g/mol. The van der Waals surface area contributed by atoms with Gasteiger partial charge in [0, 0.05) is 4.47 Å². The summed E-state index contributed by atoms with van der Waals surface area (Å²) in [5.41, 5.74) is -0.701. The lowest BCUT2D eigenvalue weighted by molar-refractivity contribution is -0.0773. The predicted molar refractivity (Wildman–Crippen MR) is 84.0 cm³/mol. The second kappa shape index (κ2) is 5.16.